The normalized spacial score (nSPS) is 14.4. The summed E-state index contributed by atoms with van der Waals surface area (Å²) in [6.07, 6.45) is 4.33. The topological polar surface area (TPSA) is 80.2 Å². The van der Waals surface area contributed by atoms with Crippen molar-refractivity contribution in [2.45, 2.75) is 26.9 Å². The molecule has 0 spiro atoms. The van der Waals surface area contributed by atoms with Crippen molar-refractivity contribution in [2.24, 2.45) is 5.10 Å². The number of benzene rings is 2. The number of ether oxygens (including phenoxy) is 2. The van der Waals surface area contributed by atoms with Crippen LogP contribution in [0, 0.1) is 0 Å². The fourth-order valence-corrected chi connectivity index (χ4v) is 3.99. The van der Waals surface area contributed by atoms with E-state index >= 15 is 0 Å². The van der Waals surface area contributed by atoms with Crippen LogP contribution in [0.1, 0.15) is 37.0 Å². The molecular weight excluding hydrogens is 486 g/mol. The van der Waals surface area contributed by atoms with Gasteiger partial charge in [-0.15, -0.1) is 0 Å². The highest BCUT2D eigenvalue weighted by Crippen LogP contribution is 2.43. The third-order valence-corrected chi connectivity index (χ3v) is 5.52. The van der Waals surface area contributed by atoms with Crippen LogP contribution in [0.5, 0.6) is 0 Å². The second-order valence-corrected chi connectivity index (χ2v) is 7.91. The Hall–Kier alpha value is -3.39. The maximum Gasteiger partial charge on any atom is 0.325 e. The second-order valence-electron chi connectivity index (χ2n) is 7.06. The van der Waals surface area contributed by atoms with Crippen molar-refractivity contribution < 1.29 is 19.1 Å². The number of carbonyl (C=O) groups excluding carboxylic acids is 2. The minimum Gasteiger partial charge on any atom is -0.486 e. The fraction of sp³-hybridized carbons (Fsp3) is 0.240. The molecule has 1 aliphatic rings. The summed E-state index contributed by atoms with van der Waals surface area (Å²) in [6, 6.07) is 15.4. The van der Waals surface area contributed by atoms with Crippen LogP contribution in [0.25, 0.3) is 11.5 Å². The Balaban J connectivity index is 2.18. The molecule has 7 nitrogen and oxygen atoms in total. The largest absolute Gasteiger partial charge is 0.486 e. The first-order valence-corrected chi connectivity index (χ1v) is 11.3. The smallest absolute Gasteiger partial charge is 0.325 e. The lowest BCUT2D eigenvalue weighted by Gasteiger charge is -2.33. The van der Waals surface area contributed by atoms with E-state index in [1.807, 2.05) is 61.5 Å². The fourth-order valence-electron chi connectivity index (χ4n) is 3.42. The molecule has 1 heterocycles. The number of amides is 1. The quantitative estimate of drug-likeness (QED) is 0.410. The second kappa shape index (κ2) is 11.5. The molecule has 0 aromatic heterocycles. The van der Waals surface area contributed by atoms with Gasteiger partial charge in [0.05, 0.1) is 12.8 Å². The van der Waals surface area contributed by atoms with Crippen LogP contribution in [0.2, 0.25) is 0 Å². The van der Waals surface area contributed by atoms with Gasteiger partial charge in [0.25, 0.3) is 5.91 Å². The maximum absolute atomic E-state index is 13.4. The lowest BCUT2D eigenvalue weighted by Crippen LogP contribution is -2.38. The molecule has 1 N–H and O–H groups in total. The summed E-state index contributed by atoms with van der Waals surface area (Å²) in [5, 5.41) is 8.66. The highest BCUT2D eigenvalue weighted by atomic mass is 79.9. The van der Waals surface area contributed by atoms with Crippen LogP contribution >= 0.6 is 15.9 Å². The monoisotopic (exact) mass is 511 g/mol. The molecule has 1 aliphatic heterocycles. The number of hydrazone groups is 1. The highest BCUT2D eigenvalue weighted by molar-refractivity contribution is 9.10. The Bertz CT molecular complexity index is 1110. The van der Waals surface area contributed by atoms with Crippen molar-refractivity contribution in [3.63, 3.8) is 0 Å². The van der Waals surface area contributed by atoms with E-state index in [0.717, 1.165) is 33.3 Å². The van der Waals surface area contributed by atoms with E-state index in [4.69, 9.17) is 4.74 Å². The van der Waals surface area contributed by atoms with Gasteiger partial charge < -0.3 is 14.8 Å². The number of fused-ring (bicyclic) bond motifs is 1. The molecule has 2 aromatic rings. The average molecular weight is 512 g/mol. The summed E-state index contributed by atoms with van der Waals surface area (Å²) in [6.45, 7) is 3.77. The zero-order chi connectivity index (χ0) is 23.8. The summed E-state index contributed by atoms with van der Waals surface area (Å²) in [7, 11) is 1.27. The number of methoxy groups -OCH3 is 1. The summed E-state index contributed by atoms with van der Waals surface area (Å²) < 4.78 is 11.8. The van der Waals surface area contributed by atoms with Crippen LogP contribution in [-0.2, 0) is 25.7 Å². The minimum absolute atomic E-state index is 0.193. The van der Waals surface area contributed by atoms with Gasteiger partial charge >= 0.3 is 5.97 Å². The average Bonchev–Trinajstić information content (AvgIpc) is 2.83. The summed E-state index contributed by atoms with van der Waals surface area (Å²) in [4.78, 5) is 25.0. The molecule has 0 aliphatic carbocycles. The van der Waals surface area contributed by atoms with Gasteiger partial charge in [-0.2, -0.15) is 5.10 Å². The SMILES string of the molecule is C/C=N\N1C(C(=O)NCC(=O)OC)=C(OCc2ccccc2)c2cccc(Br)c2/C1=C\CC. The van der Waals surface area contributed by atoms with E-state index in [0.29, 0.717) is 5.76 Å². The van der Waals surface area contributed by atoms with E-state index in [1.54, 1.807) is 18.1 Å². The molecule has 3 rings (SSSR count). The first kappa shape index (κ1) is 24.3. The predicted molar refractivity (Wildman–Crippen MR) is 132 cm³/mol. The van der Waals surface area contributed by atoms with Crippen LogP contribution in [0.15, 0.2) is 69.9 Å². The van der Waals surface area contributed by atoms with Crippen LogP contribution in [-0.4, -0.2) is 36.8 Å². The highest BCUT2D eigenvalue weighted by Gasteiger charge is 2.35. The Morgan fingerprint density at radius 2 is 1.91 bits per heavy atom. The van der Waals surface area contributed by atoms with Gasteiger partial charge in [0, 0.05) is 21.8 Å². The first-order valence-electron chi connectivity index (χ1n) is 10.6. The number of carbonyl (C=O) groups is 2. The van der Waals surface area contributed by atoms with Crippen LogP contribution in [0.3, 0.4) is 0 Å². The molecule has 0 bridgehead atoms. The van der Waals surface area contributed by atoms with Gasteiger partial charge in [-0.1, -0.05) is 71.4 Å². The van der Waals surface area contributed by atoms with Gasteiger partial charge in [0.2, 0.25) is 0 Å². The number of rotatable bonds is 8. The van der Waals surface area contributed by atoms with E-state index in [-0.39, 0.29) is 18.8 Å². The third-order valence-electron chi connectivity index (χ3n) is 4.86. The van der Waals surface area contributed by atoms with E-state index in [2.05, 4.69) is 31.1 Å². The molecule has 0 fully saturated rings. The number of hydrogen-bond donors (Lipinski definition) is 1. The number of nitrogens with zero attached hydrogens (tertiary/aromatic N) is 2. The van der Waals surface area contributed by atoms with E-state index < -0.39 is 11.9 Å². The molecule has 0 radical (unpaired) electrons. The lowest BCUT2D eigenvalue weighted by atomic mass is 9.96. The van der Waals surface area contributed by atoms with Crippen molar-refractivity contribution in [1.82, 2.24) is 10.3 Å². The number of halogens is 1. The van der Waals surface area contributed by atoms with Gasteiger partial charge in [-0.3, -0.25) is 9.59 Å². The standard InChI is InChI=1S/C25H26BrN3O4/c1-4-10-20-22-18(13-9-14-19(22)26)24(33-16-17-11-7-6-8-12-17)23(29(20)28-5-2)25(31)27-15-21(30)32-3/h5-14H,4,15-16H2,1-3H3,(H,27,31)/b20-10+,28-5-. The van der Waals surface area contributed by atoms with Crippen molar-refractivity contribution in [2.75, 3.05) is 13.7 Å². The van der Waals surface area contributed by atoms with E-state index in [9.17, 15) is 9.59 Å². The summed E-state index contributed by atoms with van der Waals surface area (Å²) in [5.41, 5.74) is 3.52. The van der Waals surface area contributed by atoms with E-state index in [1.165, 1.54) is 7.11 Å². The predicted octanol–water partition coefficient (Wildman–Crippen LogP) is 4.70. The van der Waals surface area contributed by atoms with Crippen molar-refractivity contribution in [3.8, 4) is 0 Å². The molecule has 0 unspecified atom stereocenters. The molecule has 33 heavy (non-hydrogen) atoms. The number of nitrogens with one attached hydrogen (secondary N) is 1. The molecule has 0 saturated heterocycles. The minimum atomic E-state index is -0.551. The summed E-state index contributed by atoms with van der Waals surface area (Å²) >= 11 is 3.65. The van der Waals surface area contributed by atoms with Gasteiger partial charge in [0.15, 0.2) is 11.5 Å². The van der Waals surface area contributed by atoms with Crippen LogP contribution < -0.4 is 5.32 Å². The molecule has 8 heteroatoms. The number of allylic oxidation sites excluding steroid dienone is 1. The van der Waals surface area contributed by atoms with Crippen LogP contribution in [0.4, 0.5) is 0 Å². The first-order chi connectivity index (χ1) is 16.0. The molecule has 172 valence electrons. The Morgan fingerprint density at radius 3 is 2.58 bits per heavy atom. The Labute approximate surface area is 201 Å². The van der Waals surface area contributed by atoms with Gasteiger partial charge in [0.1, 0.15) is 13.2 Å². The van der Waals surface area contributed by atoms with Gasteiger partial charge in [-0.25, -0.2) is 5.01 Å². The third kappa shape index (κ3) is 5.51. The molecule has 2 aromatic carbocycles. The zero-order valence-corrected chi connectivity index (χ0v) is 20.4. The van der Waals surface area contributed by atoms with Crippen molar-refractivity contribution >= 4 is 45.5 Å². The number of esters is 1. The molecule has 0 atom stereocenters. The zero-order valence-electron chi connectivity index (χ0n) is 18.8. The Morgan fingerprint density at radius 1 is 1.15 bits per heavy atom. The molecule has 1 amide bonds. The maximum atomic E-state index is 13.4. The number of hydrogen-bond acceptors (Lipinski definition) is 6. The van der Waals surface area contributed by atoms with Gasteiger partial charge in [-0.05, 0) is 25.0 Å². The molecule has 0 saturated carbocycles. The Kier molecular flexibility index (Phi) is 8.43. The molecular formula is C25H26BrN3O4. The van der Waals surface area contributed by atoms with Crippen molar-refractivity contribution in [1.29, 1.82) is 0 Å². The lowest BCUT2D eigenvalue weighted by molar-refractivity contribution is -0.140. The van der Waals surface area contributed by atoms with Crippen molar-refractivity contribution in [3.05, 3.63) is 81.5 Å². The summed E-state index contributed by atoms with van der Waals surface area (Å²) in [5.74, 6) is -0.678.